The first-order chi connectivity index (χ1) is 7.31. The summed E-state index contributed by atoms with van der Waals surface area (Å²) < 4.78 is 0. The molecule has 1 N–H and O–H groups in total. The summed E-state index contributed by atoms with van der Waals surface area (Å²) in [6.07, 6.45) is 4.93. The summed E-state index contributed by atoms with van der Waals surface area (Å²) in [5, 5.41) is 3.33. The van der Waals surface area contributed by atoms with Gasteiger partial charge in [0.1, 0.15) is 0 Å². The third kappa shape index (κ3) is 3.67. The number of rotatable bonds is 6. The van der Waals surface area contributed by atoms with Gasteiger partial charge in [0.15, 0.2) is 0 Å². The van der Waals surface area contributed by atoms with E-state index in [0.29, 0.717) is 6.04 Å². The van der Waals surface area contributed by atoms with E-state index in [1.54, 1.807) is 0 Å². The van der Waals surface area contributed by atoms with Crippen LogP contribution in [-0.4, -0.2) is 7.05 Å². The number of nitrogens with one attached hydrogen (secondary N) is 1. The van der Waals surface area contributed by atoms with E-state index >= 15 is 0 Å². The van der Waals surface area contributed by atoms with Gasteiger partial charge >= 0.3 is 0 Å². The largest absolute Gasteiger partial charge is 0.313 e. The summed E-state index contributed by atoms with van der Waals surface area (Å²) in [6, 6.07) is 9.56. The molecule has 0 saturated heterocycles. The van der Waals surface area contributed by atoms with Crippen molar-refractivity contribution in [3.63, 3.8) is 0 Å². The highest BCUT2D eigenvalue weighted by atomic mass is 14.9. The van der Waals surface area contributed by atoms with Crippen molar-refractivity contribution in [1.29, 1.82) is 0 Å². The zero-order valence-electron chi connectivity index (χ0n) is 10.2. The van der Waals surface area contributed by atoms with Crippen molar-refractivity contribution < 1.29 is 0 Å². The summed E-state index contributed by atoms with van der Waals surface area (Å²) >= 11 is 0. The summed E-state index contributed by atoms with van der Waals surface area (Å²) in [4.78, 5) is 0. The third-order valence-corrected chi connectivity index (χ3v) is 2.96. The van der Waals surface area contributed by atoms with Gasteiger partial charge in [-0.25, -0.2) is 0 Å². The molecule has 1 heteroatoms. The molecular weight excluding hydrogens is 182 g/mol. The molecule has 0 saturated carbocycles. The Bertz CT molecular complexity index is 259. The van der Waals surface area contributed by atoms with Crippen molar-refractivity contribution >= 4 is 0 Å². The average Bonchev–Trinajstić information content (AvgIpc) is 2.29. The molecule has 1 nitrogen and oxygen atoms in total. The predicted molar refractivity (Wildman–Crippen MR) is 67.1 cm³/mol. The minimum absolute atomic E-state index is 0.505. The van der Waals surface area contributed by atoms with Gasteiger partial charge in [0.25, 0.3) is 0 Å². The minimum Gasteiger partial charge on any atom is -0.313 e. The van der Waals surface area contributed by atoms with Crippen LogP contribution in [0.15, 0.2) is 24.3 Å². The fraction of sp³-hybridized carbons (Fsp3) is 0.571. The smallest absolute Gasteiger partial charge is 0.0314 e. The van der Waals surface area contributed by atoms with Gasteiger partial charge in [-0.2, -0.15) is 0 Å². The van der Waals surface area contributed by atoms with Crippen molar-refractivity contribution in [1.82, 2.24) is 5.32 Å². The zero-order chi connectivity index (χ0) is 11.1. The number of unbranched alkanes of at least 4 members (excludes halogenated alkanes) is 1. The van der Waals surface area contributed by atoms with E-state index in [0.717, 1.165) is 6.42 Å². The Morgan fingerprint density at radius 3 is 2.27 bits per heavy atom. The van der Waals surface area contributed by atoms with E-state index in [4.69, 9.17) is 0 Å². The zero-order valence-corrected chi connectivity index (χ0v) is 10.2. The number of aryl methyl sites for hydroxylation is 1. The molecule has 1 aromatic carbocycles. The monoisotopic (exact) mass is 205 g/mol. The van der Waals surface area contributed by atoms with Crippen LogP contribution in [-0.2, 0) is 6.42 Å². The van der Waals surface area contributed by atoms with Crippen LogP contribution < -0.4 is 5.32 Å². The Kier molecular flexibility index (Phi) is 5.41. The maximum atomic E-state index is 3.33. The Hall–Kier alpha value is -0.820. The lowest BCUT2D eigenvalue weighted by molar-refractivity contribution is 0.576. The molecule has 0 aromatic heterocycles. The van der Waals surface area contributed by atoms with Gasteiger partial charge in [0.05, 0.1) is 0 Å². The second kappa shape index (κ2) is 6.62. The maximum Gasteiger partial charge on any atom is 0.0314 e. The Morgan fingerprint density at radius 1 is 1.13 bits per heavy atom. The topological polar surface area (TPSA) is 12.0 Å². The number of benzene rings is 1. The molecular formula is C14H23N. The fourth-order valence-electron chi connectivity index (χ4n) is 1.90. The number of hydrogen-bond acceptors (Lipinski definition) is 1. The maximum absolute atomic E-state index is 3.33. The summed E-state index contributed by atoms with van der Waals surface area (Å²) in [7, 11) is 2.03. The van der Waals surface area contributed by atoms with E-state index in [1.165, 1.54) is 30.4 Å². The SMILES string of the molecule is CCCCc1ccc(C(CC)NC)cc1. The standard InChI is InChI=1S/C14H23N/c1-4-6-7-12-8-10-13(11-9-12)14(5-2)15-3/h8-11,14-15H,4-7H2,1-3H3. The molecule has 0 aliphatic carbocycles. The van der Waals surface area contributed by atoms with E-state index in [1.807, 2.05) is 7.05 Å². The first kappa shape index (κ1) is 12.3. The summed E-state index contributed by atoms with van der Waals surface area (Å²) in [5.74, 6) is 0. The van der Waals surface area contributed by atoms with Crippen molar-refractivity contribution in [2.24, 2.45) is 0 Å². The molecule has 0 aliphatic rings. The van der Waals surface area contributed by atoms with Crippen molar-refractivity contribution in [3.8, 4) is 0 Å². The highest BCUT2D eigenvalue weighted by Gasteiger charge is 2.05. The van der Waals surface area contributed by atoms with Gasteiger partial charge < -0.3 is 5.32 Å². The molecule has 0 amide bonds. The van der Waals surface area contributed by atoms with Crippen molar-refractivity contribution in [2.45, 2.75) is 45.6 Å². The Morgan fingerprint density at radius 2 is 1.80 bits per heavy atom. The average molecular weight is 205 g/mol. The van der Waals surface area contributed by atoms with E-state index in [9.17, 15) is 0 Å². The van der Waals surface area contributed by atoms with Gasteiger partial charge in [-0.3, -0.25) is 0 Å². The van der Waals surface area contributed by atoms with Crippen molar-refractivity contribution in [3.05, 3.63) is 35.4 Å². The normalized spacial score (nSPS) is 12.7. The highest BCUT2D eigenvalue weighted by molar-refractivity contribution is 5.25. The number of hydrogen-bond donors (Lipinski definition) is 1. The molecule has 0 bridgehead atoms. The molecule has 0 fully saturated rings. The molecule has 0 radical (unpaired) electrons. The molecule has 1 rings (SSSR count). The van der Waals surface area contributed by atoms with Crippen LogP contribution >= 0.6 is 0 Å². The lowest BCUT2D eigenvalue weighted by Crippen LogP contribution is -2.14. The minimum atomic E-state index is 0.505. The molecule has 1 aromatic rings. The van der Waals surface area contributed by atoms with Crippen molar-refractivity contribution in [2.75, 3.05) is 7.05 Å². The first-order valence-electron chi connectivity index (χ1n) is 6.07. The van der Waals surface area contributed by atoms with Crippen LogP contribution in [0, 0.1) is 0 Å². The highest BCUT2D eigenvalue weighted by Crippen LogP contribution is 2.17. The summed E-state index contributed by atoms with van der Waals surface area (Å²) in [5.41, 5.74) is 2.87. The van der Waals surface area contributed by atoms with Gasteiger partial charge in [-0.15, -0.1) is 0 Å². The molecule has 0 heterocycles. The quantitative estimate of drug-likeness (QED) is 0.746. The van der Waals surface area contributed by atoms with Crippen LogP contribution in [0.4, 0.5) is 0 Å². The van der Waals surface area contributed by atoms with Gasteiger partial charge in [0, 0.05) is 6.04 Å². The predicted octanol–water partition coefficient (Wildman–Crippen LogP) is 3.70. The van der Waals surface area contributed by atoms with Crippen LogP contribution in [0.25, 0.3) is 0 Å². The van der Waals surface area contributed by atoms with Gasteiger partial charge in [-0.05, 0) is 37.4 Å². The Labute approximate surface area is 93.9 Å². The first-order valence-corrected chi connectivity index (χ1v) is 6.07. The summed E-state index contributed by atoms with van der Waals surface area (Å²) in [6.45, 7) is 4.45. The second-order valence-electron chi connectivity index (χ2n) is 4.09. The lowest BCUT2D eigenvalue weighted by atomic mass is 10.0. The van der Waals surface area contributed by atoms with Crippen LogP contribution in [0.5, 0.6) is 0 Å². The van der Waals surface area contributed by atoms with Crippen LogP contribution in [0.1, 0.15) is 50.3 Å². The van der Waals surface area contributed by atoms with Gasteiger partial charge in [0.2, 0.25) is 0 Å². The Balaban J connectivity index is 2.62. The molecule has 0 aliphatic heterocycles. The van der Waals surface area contributed by atoms with Gasteiger partial charge in [-0.1, -0.05) is 44.5 Å². The second-order valence-corrected chi connectivity index (χ2v) is 4.09. The molecule has 15 heavy (non-hydrogen) atoms. The lowest BCUT2D eigenvalue weighted by Gasteiger charge is -2.14. The third-order valence-electron chi connectivity index (χ3n) is 2.96. The van der Waals surface area contributed by atoms with Crippen LogP contribution in [0.3, 0.4) is 0 Å². The molecule has 0 spiro atoms. The molecule has 1 atom stereocenters. The van der Waals surface area contributed by atoms with E-state index < -0.39 is 0 Å². The van der Waals surface area contributed by atoms with E-state index in [-0.39, 0.29) is 0 Å². The molecule has 84 valence electrons. The molecule has 1 unspecified atom stereocenters. The van der Waals surface area contributed by atoms with E-state index in [2.05, 4.69) is 43.4 Å². The fourth-order valence-corrected chi connectivity index (χ4v) is 1.90. The van der Waals surface area contributed by atoms with Crippen LogP contribution in [0.2, 0.25) is 0 Å².